The lowest BCUT2D eigenvalue weighted by atomic mass is 10.1. The van der Waals surface area contributed by atoms with Crippen LogP contribution in [0.25, 0.3) is 22.0 Å². The molecule has 3 aromatic rings. The average Bonchev–Trinajstić information content (AvgIpc) is 2.98. The zero-order valence-electron chi connectivity index (χ0n) is 12.2. The smallest absolute Gasteiger partial charge is 0.125 e. The van der Waals surface area contributed by atoms with Crippen molar-refractivity contribution in [2.75, 3.05) is 6.54 Å². The minimum atomic E-state index is -1.34. The maximum absolute atomic E-state index is 13.2. The van der Waals surface area contributed by atoms with Gasteiger partial charge in [-0.3, -0.25) is 0 Å². The molecular formula is C17H15FN2O2S. The molecule has 0 aliphatic rings. The Bertz CT molecular complexity index is 859. The van der Waals surface area contributed by atoms with Crippen molar-refractivity contribution in [3.05, 3.63) is 54.5 Å². The Kier molecular flexibility index (Phi) is 4.64. The number of fused-ring (bicyclic) bond motifs is 1. The molecule has 0 radical (unpaired) electrons. The summed E-state index contributed by atoms with van der Waals surface area (Å²) in [5, 5.41) is 0.935. The Hall–Kier alpha value is -2.31. The average molecular weight is 330 g/mol. The SMILES string of the molecule is O=CCCNS(=O)c1ccc(-c2c[nH]c3cc(F)ccc23)cc1. The zero-order valence-corrected chi connectivity index (χ0v) is 13.0. The van der Waals surface area contributed by atoms with Crippen LogP contribution in [0.2, 0.25) is 0 Å². The fourth-order valence-electron chi connectivity index (χ4n) is 2.39. The molecule has 118 valence electrons. The molecule has 2 N–H and O–H groups in total. The minimum Gasteiger partial charge on any atom is -0.360 e. The molecule has 0 amide bonds. The molecule has 0 spiro atoms. The third kappa shape index (κ3) is 3.38. The second-order valence-electron chi connectivity index (χ2n) is 5.04. The van der Waals surface area contributed by atoms with Gasteiger partial charge in [-0.2, -0.15) is 0 Å². The standard InChI is InChI=1S/C17H15FN2O2S/c18-13-4-7-15-16(11-19-17(15)10-13)12-2-5-14(6-3-12)23(22)20-8-1-9-21/h2-7,9-11,19-20H,1,8H2. The molecule has 0 aliphatic carbocycles. The summed E-state index contributed by atoms with van der Waals surface area (Å²) in [5.74, 6) is -0.280. The van der Waals surface area contributed by atoms with Gasteiger partial charge in [0.25, 0.3) is 0 Å². The largest absolute Gasteiger partial charge is 0.360 e. The van der Waals surface area contributed by atoms with E-state index >= 15 is 0 Å². The molecule has 23 heavy (non-hydrogen) atoms. The summed E-state index contributed by atoms with van der Waals surface area (Å²) in [7, 11) is -1.34. The first-order chi connectivity index (χ1) is 11.2. The molecule has 6 heteroatoms. The quantitative estimate of drug-likeness (QED) is 0.539. The third-order valence-electron chi connectivity index (χ3n) is 3.52. The van der Waals surface area contributed by atoms with Gasteiger partial charge in [-0.25, -0.2) is 13.3 Å². The number of aromatic nitrogens is 1. The minimum absolute atomic E-state index is 0.280. The number of benzene rings is 2. The molecule has 1 heterocycles. The van der Waals surface area contributed by atoms with E-state index in [2.05, 4.69) is 9.71 Å². The van der Waals surface area contributed by atoms with Crippen molar-refractivity contribution in [3.63, 3.8) is 0 Å². The number of carbonyl (C=O) groups is 1. The van der Waals surface area contributed by atoms with Gasteiger partial charge in [0.2, 0.25) is 0 Å². The van der Waals surface area contributed by atoms with Gasteiger partial charge in [0.15, 0.2) is 0 Å². The predicted octanol–water partition coefficient (Wildman–Crippen LogP) is 3.18. The van der Waals surface area contributed by atoms with E-state index in [1.54, 1.807) is 18.2 Å². The maximum atomic E-state index is 13.2. The van der Waals surface area contributed by atoms with Crippen molar-refractivity contribution < 1.29 is 13.4 Å². The summed E-state index contributed by atoms with van der Waals surface area (Å²) in [6.07, 6.45) is 2.95. The first kappa shape index (κ1) is 15.6. The van der Waals surface area contributed by atoms with Gasteiger partial charge in [-0.05, 0) is 35.9 Å². The van der Waals surface area contributed by atoms with E-state index < -0.39 is 11.0 Å². The van der Waals surface area contributed by atoms with Crippen molar-refractivity contribution in [1.82, 2.24) is 9.71 Å². The molecule has 3 rings (SSSR count). The number of H-pyrrole nitrogens is 1. The van der Waals surface area contributed by atoms with E-state index in [4.69, 9.17) is 0 Å². The van der Waals surface area contributed by atoms with Crippen LogP contribution in [0.1, 0.15) is 6.42 Å². The lowest BCUT2D eigenvalue weighted by Crippen LogP contribution is -2.18. The van der Waals surface area contributed by atoms with Gasteiger partial charge in [0.1, 0.15) is 23.1 Å². The second kappa shape index (κ2) is 6.85. The van der Waals surface area contributed by atoms with Crippen LogP contribution in [0.15, 0.2) is 53.6 Å². The Morgan fingerprint density at radius 3 is 2.70 bits per heavy atom. The van der Waals surface area contributed by atoms with E-state index in [-0.39, 0.29) is 5.82 Å². The molecule has 1 unspecified atom stereocenters. The van der Waals surface area contributed by atoms with E-state index in [0.29, 0.717) is 17.9 Å². The molecule has 1 aromatic heterocycles. The van der Waals surface area contributed by atoms with Crippen molar-refractivity contribution in [2.45, 2.75) is 11.3 Å². The monoisotopic (exact) mass is 330 g/mol. The Labute approximate surface area is 135 Å². The van der Waals surface area contributed by atoms with Gasteiger partial charge in [0, 0.05) is 35.6 Å². The molecule has 1 atom stereocenters. The first-order valence-electron chi connectivity index (χ1n) is 7.15. The summed E-state index contributed by atoms with van der Waals surface area (Å²) >= 11 is 0. The highest BCUT2D eigenvalue weighted by molar-refractivity contribution is 7.83. The number of rotatable bonds is 6. The number of aromatic amines is 1. The summed E-state index contributed by atoms with van der Waals surface area (Å²) in [6, 6.07) is 11.9. The van der Waals surface area contributed by atoms with Crippen molar-refractivity contribution in [2.24, 2.45) is 0 Å². The summed E-state index contributed by atoms with van der Waals surface area (Å²) in [6.45, 7) is 0.381. The fourth-order valence-corrected chi connectivity index (χ4v) is 3.24. The van der Waals surface area contributed by atoms with Gasteiger partial charge in [-0.1, -0.05) is 12.1 Å². The predicted molar refractivity (Wildman–Crippen MR) is 88.8 cm³/mol. The molecule has 0 aliphatic heterocycles. The summed E-state index contributed by atoms with van der Waals surface area (Å²) in [5.41, 5.74) is 2.66. The third-order valence-corrected chi connectivity index (χ3v) is 4.69. The molecule has 0 bridgehead atoms. The number of hydrogen-bond donors (Lipinski definition) is 2. The second-order valence-corrected chi connectivity index (χ2v) is 6.33. The van der Waals surface area contributed by atoms with Crippen LogP contribution in [-0.4, -0.2) is 22.0 Å². The molecule has 4 nitrogen and oxygen atoms in total. The van der Waals surface area contributed by atoms with Crippen LogP contribution in [0.3, 0.4) is 0 Å². The van der Waals surface area contributed by atoms with Gasteiger partial charge < -0.3 is 9.78 Å². The molecule has 0 saturated carbocycles. The molecule has 0 saturated heterocycles. The summed E-state index contributed by atoms with van der Waals surface area (Å²) in [4.78, 5) is 14.0. The summed E-state index contributed by atoms with van der Waals surface area (Å²) < 4.78 is 28.0. The highest BCUT2D eigenvalue weighted by Gasteiger charge is 2.08. The topological polar surface area (TPSA) is 62.0 Å². The van der Waals surface area contributed by atoms with Crippen LogP contribution in [0, 0.1) is 5.82 Å². The molecule has 0 fully saturated rings. The van der Waals surface area contributed by atoms with Crippen LogP contribution < -0.4 is 4.72 Å². The Morgan fingerprint density at radius 1 is 1.17 bits per heavy atom. The van der Waals surface area contributed by atoms with Crippen LogP contribution >= 0.6 is 0 Å². The van der Waals surface area contributed by atoms with Crippen molar-refractivity contribution >= 4 is 28.2 Å². The lowest BCUT2D eigenvalue weighted by Gasteiger charge is -2.05. The number of hydrogen-bond acceptors (Lipinski definition) is 2. The van der Waals surface area contributed by atoms with E-state index in [1.807, 2.05) is 18.3 Å². The normalized spacial score (nSPS) is 12.4. The van der Waals surface area contributed by atoms with E-state index in [0.717, 1.165) is 28.3 Å². The van der Waals surface area contributed by atoms with Crippen LogP contribution in [-0.2, 0) is 15.8 Å². The number of aldehydes is 1. The lowest BCUT2D eigenvalue weighted by molar-refractivity contribution is -0.107. The molecule has 2 aromatic carbocycles. The van der Waals surface area contributed by atoms with Crippen molar-refractivity contribution in [3.8, 4) is 11.1 Å². The van der Waals surface area contributed by atoms with E-state index in [1.165, 1.54) is 12.1 Å². The van der Waals surface area contributed by atoms with E-state index in [9.17, 15) is 13.4 Å². The fraction of sp³-hybridized carbons (Fsp3) is 0.118. The van der Waals surface area contributed by atoms with Gasteiger partial charge in [0.05, 0.1) is 4.90 Å². The number of carbonyl (C=O) groups excluding carboxylic acids is 1. The van der Waals surface area contributed by atoms with Gasteiger partial charge in [-0.15, -0.1) is 0 Å². The Morgan fingerprint density at radius 2 is 1.96 bits per heavy atom. The zero-order chi connectivity index (χ0) is 16.2. The van der Waals surface area contributed by atoms with Crippen LogP contribution in [0.4, 0.5) is 4.39 Å². The highest BCUT2D eigenvalue weighted by atomic mass is 32.2. The van der Waals surface area contributed by atoms with Crippen molar-refractivity contribution in [1.29, 1.82) is 0 Å². The number of halogens is 1. The maximum Gasteiger partial charge on any atom is 0.125 e. The molecular weight excluding hydrogens is 315 g/mol. The van der Waals surface area contributed by atoms with Gasteiger partial charge >= 0.3 is 0 Å². The number of nitrogens with one attached hydrogen (secondary N) is 2. The first-order valence-corrected chi connectivity index (χ1v) is 8.30. The highest BCUT2D eigenvalue weighted by Crippen LogP contribution is 2.29. The Balaban J connectivity index is 1.83. The van der Waals surface area contributed by atoms with Crippen LogP contribution in [0.5, 0.6) is 0 Å².